The molecular weight excluding hydrogens is 246 g/mol. The van der Waals surface area contributed by atoms with Crippen molar-refractivity contribution in [3.8, 4) is 11.4 Å². The van der Waals surface area contributed by atoms with Gasteiger partial charge in [-0.15, -0.1) is 0 Å². The number of hydrogen-bond acceptors (Lipinski definition) is 3. The smallest absolute Gasteiger partial charge is 0.159 e. The molecule has 0 atom stereocenters. The zero-order valence-corrected chi connectivity index (χ0v) is 12.6. The van der Waals surface area contributed by atoms with E-state index in [4.69, 9.17) is 15.7 Å². The number of aryl methyl sites for hydroxylation is 3. The molecular formula is C17H23N3. The molecule has 2 N–H and O–H groups in total. The highest BCUT2D eigenvalue weighted by molar-refractivity contribution is 5.57. The molecule has 0 aliphatic carbocycles. The van der Waals surface area contributed by atoms with E-state index >= 15 is 0 Å². The fourth-order valence-corrected chi connectivity index (χ4v) is 2.51. The molecule has 3 nitrogen and oxygen atoms in total. The van der Waals surface area contributed by atoms with E-state index in [2.05, 4.69) is 45.0 Å². The lowest BCUT2D eigenvalue weighted by Crippen LogP contribution is -2.12. The standard InChI is InChI=1S/C17H23N3/c1-4-15-14(9-10-18)16(5-2)20-17(19-15)13-8-6-7-12(3)11-13/h6-8,11H,4-5,9-10,18H2,1-3H3. The van der Waals surface area contributed by atoms with Gasteiger partial charge in [0.1, 0.15) is 0 Å². The first-order chi connectivity index (χ1) is 9.69. The van der Waals surface area contributed by atoms with Crippen LogP contribution in [0, 0.1) is 6.92 Å². The molecule has 0 bridgehead atoms. The van der Waals surface area contributed by atoms with Gasteiger partial charge >= 0.3 is 0 Å². The zero-order chi connectivity index (χ0) is 14.5. The van der Waals surface area contributed by atoms with Gasteiger partial charge < -0.3 is 5.73 Å². The van der Waals surface area contributed by atoms with Crippen LogP contribution in [0.25, 0.3) is 11.4 Å². The second kappa shape index (κ2) is 6.62. The predicted octanol–water partition coefficient (Wildman–Crippen LogP) is 3.08. The van der Waals surface area contributed by atoms with E-state index in [1.165, 1.54) is 11.1 Å². The predicted molar refractivity (Wildman–Crippen MR) is 83.7 cm³/mol. The normalized spacial score (nSPS) is 10.8. The van der Waals surface area contributed by atoms with Crippen LogP contribution in [0.2, 0.25) is 0 Å². The Hall–Kier alpha value is -1.74. The molecule has 0 unspecified atom stereocenters. The minimum Gasteiger partial charge on any atom is -0.330 e. The van der Waals surface area contributed by atoms with Gasteiger partial charge in [-0.1, -0.05) is 37.6 Å². The number of benzene rings is 1. The van der Waals surface area contributed by atoms with Crippen molar-refractivity contribution >= 4 is 0 Å². The molecule has 0 aliphatic heterocycles. The van der Waals surface area contributed by atoms with Gasteiger partial charge in [0.25, 0.3) is 0 Å². The Kier molecular flexibility index (Phi) is 4.85. The molecule has 0 amide bonds. The second-order valence-electron chi connectivity index (χ2n) is 5.03. The van der Waals surface area contributed by atoms with Crippen molar-refractivity contribution in [1.29, 1.82) is 0 Å². The second-order valence-corrected chi connectivity index (χ2v) is 5.03. The Morgan fingerprint density at radius 1 is 1.05 bits per heavy atom. The molecule has 0 radical (unpaired) electrons. The van der Waals surface area contributed by atoms with Gasteiger partial charge in [-0.25, -0.2) is 9.97 Å². The first-order valence-electron chi connectivity index (χ1n) is 7.35. The maximum absolute atomic E-state index is 5.72. The topological polar surface area (TPSA) is 51.8 Å². The minimum atomic E-state index is 0.646. The van der Waals surface area contributed by atoms with Gasteiger partial charge in [-0.3, -0.25) is 0 Å². The van der Waals surface area contributed by atoms with E-state index in [-0.39, 0.29) is 0 Å². The van der Waals surface area contributed by atoms with Crippen LogP contribution in [-0.2, 0) is 19.3 Å². The lowest BCUT2D eigenvalue weighted by molar-refractivity contribution is 0.844. The molecule has 0 spiro atoms. The Morgan fingerprint density at radius 2 is 1.70 bits per heavy atom. The summed E-state index contributed by atoms with van der Waals surface area (Å²) >= 11 is 0. The summed E-state index contributed by atoms with van der Waals surface area (Å²) in [6, 6.07) is 8.35. The van der Waals surface area contributed by atoms with Crippen molar-refractivity contribution in [2.24, 2.45) is 5.73 Å². The van der Waals surface area contributed by atoms with Crippen molar-refractivity contribution in [2.75, 3.05) is 6.54 Å². The average Bonchev–Trinajstić information content (AvgIpc) is 2.47. The summed E-state index contributed by atoms with van der Waals surface area (Å²) < 4.78 is 0. The van der Waals surface area contributed by atoms with Gasteiger partial charge in [0.2, 0.25) is 0 Å². The molecule has 0 aliphatic rings. The third-order valence-electron chi connectivity index (χ3n) is 3.52. The number of nitrogens with zero attached hydrogens (tertiary/aromatic N) is 2. The van der Waals surface area contributed by atoms with Crippen molar-refractivity contribution in [1.82, 2.24) is 9.97 Å². The zero-order valence-electron chi connectivity index (χ0n) is 12.6. The highest BCUT2D eigenvalue weighted by Crippen LogP contribution is 2.21. The average molecular weight is 269 g/mol. The third kappa shape index (κ3) is 3.05. The highest BCUT2D eigenvalue weighted by atomic mass is 14.9. The van der Waals surface area contributed by atoms with Crippen molar-refractivity contribution in [3.05, 3.63) is 46.8 Å². The van der Waals surface area contributed by atoms with Crippen LogP contribution in [0.5, 0.6) is 0 Å². The van der Waals surface area contributed by atoms with Gasteiger partial charge in [0.05, 0.1) is 0 Å². The lowest BCUT2D eigenvalue weighted by atomic mass is 10.0. The molecule has 0 saturated heterocycles. The van der Waals surface area contributed by atoms with E-state index in [0.717, 1.165) is 42.0 Å². The summed E-state index contributed by atoms with van der Waals surface area (Å²) in [6.07, 6.45) is 2.70. The van der Waals surface area contributed by atoms with Crippen LogP contribution in [0.3, 0.4) is 0 Å². The molecule has 2 rings (SSSR count). The van der Waals surface area contributed by atoms with Gasteiger partial charge in [0.15, 0.2) is 5.82 Å². The third-order valence-corrected chi connectivity index (χ3v) is 3.52. The molecule has 20 heavy (non-hydrogen) atoms. The Balaban J connectivity index is 2.55. The van der Waals surface area contributed by atoms with Crippen molar-refractivity contribution in [2.45, 2.75) is 40.0 Å². The molecule has 106 valence electrons. The van der Waals surface area contributed by atoms with E-state index in [9.17, 15) is 0 Å². The molecule has 1 heterocycles. The van der Waals surface area contributed by atoms with Crippen LogP contribution < -0.4 is 5.73 Å². The molecule has 2 aromatic rings. The lowest BCUT2D eigenvalue weighted by Gasteiger charge is -2.13. The van der Waals surface area contributed by atoms with Gasteiger partial charge in [0, 0.05) is 17.0 Å². The Bertz CT molecular complexity index is 566. The number of hydrogen-bond donors (Lipinski definition) is 1. The van der Waals surface area contributed by atoms with E-state index < -0.39 is 0 Å². The molecule has 0 saturated carbocycles. The molecule has 1 aromatic carbocycles. The fraction of sp³-hybridized carbons (Fsp3) is 0.412. The van der Waals surface area contributed by atoms with E-state index in [0.29, 0.717) is 6.54 Å². The highest BCUT2D eigenvalue weighted by Gasteiger charge is 2.12. The van der Waals surface area contributed by atoms with E-state index in [1.54, 1.807) is 0 Å². The fourth-order valence-electron chi connectivity index (χ4n) is 2.51. The minimum absolute atomic E-state index is 0.646. The van der Waals surface area contributed by atoms with Crippen LogP contribution in [-0.4, -0.2) is 16.5 Å². The quantitative estimate of drug-likeness (QED) is 0.907. The summed E-state index contributed by atoms with van der Waals surface area (Å²) in [5.41, 5.74) is 11.6. The Labute approximate surface area is 121 Å². The first-order valence-corrected chi connectivity index (χ1v) is 7.35. The summed E-state index contributed by atoms with van der Waals surface area (Å²) in [5.74, 6) is 0.836. The van der Waals surface area contributed by atoms with Crippen LogP contribution in [0.1, 0.15) is 36.4 Å². The van der Waals surface area contributed by atoms with E-state index in [1.807, 2.05) is 0 Å². The van der Waals surface area contributed by atoms with Crippen LogP contribution in [0.15, 0.2) is 24.3 Å². The summed E-state index contributed by atoms with van der Waals surface area (Å²) in [4.78, 5) is 9.53. The van der Waals surface area contributed by atoms with Crippen LogP contribution in [0.4, 0.5) is 0 Å². The largest absolute Gasteiger partial charge is 0.330 e. The SMILES string of the molecule is CCc1nc(-c2cccc(C)c2)nc(CC)c1CCN. The summed E-state index contributed by atoms with van der Waals surface area (Å²) in [5, 5.41) is 0. The molecule has 3 heteroatoms. The summed E-state index contributed by atoms with van der Waals surface area (Å²) in [6.45, 7) is 7.02. The van der Waals surface area contributed by atoms with Gasteiger partial charge in [-0.2, -0.15) is 0 Å². The monoisotopic (exact) mass is 269 g/mol. The maximum Gasteiger partial charge on any atom is 0.159 e. The van der Waals surface area contributed by atoms with Crippen LogP contribution >= 0.6 is 0 Å². The Morgan fingerprint density at radius 3 is 2.20 bits per heavy atom. The van der Waals surface area contributed by atoms with Crippen molar-refractivity contribution < 1.29 is 0 Å². The maximum atomic E-state index is 5.72. The van der Waals surface area contributed by atoms with Gasteiger partial charge in [-0.05, 0) is 44.4 Å². The summed E-state index contributed by atoms with van der Waals surface area (Å²) in [7, 11) is 0. The number of nitrogens with two attached hydrogens (primary N) is 1. The molecule has 0 fully saturated rings. The number of aromatic nitrogens is 2. The number of rotatable bonds is 5. The first kappa shape index (κ1) is 14.7. The van der Waals surface area contributed by atoms with Crippen molar-refractivity contribution in [3.63, 3.8) is 0 Å². The molecule has 1 aromatic heterocycles.